The van der Waals surface area contributed by atoms with E-state index in [4.69, 9.17) is 34.3 Å². The number of ether oxygens (including phenoxy) is 4. The highest BCUT2D eigenvalue weighted by atomic mass is 16.5. The predicted molar refractivity (Wildman–Crippen MR) is 126 cm³/mol. The van der Waals surface area contributed by atoms with E-state index in [9.17, 15) is 0 Å². The molecule has 176 valence electrons. The van der Waals surface area contributed by atoms with Crippen molar-refractivity contribution in [2.24, 2.45) is 0 Å². The molecule has 0 aliphatic carbocycles. The Hall–Kier alpha value is -3.58. The number of aromatic hydroxyl groups is 2. The summed E-state index contributed by atoms with van der Waals surface area (Å²) in [6, 6.07) is 20.8. The van der Waals surface area contributed by atoms with Gasteiger partial charge in [-0.3, -0.25) is 0 Å². The Balaban J connectivity index is 0.000000441. The number of rotatable bonds is 6. The second-order valence-electron chi connectivity index (χ2n) is 5.73. The van der Waals surface area contributed by atoms with Crippen LogP contribution in [0.25, 0.3) is 0 Å². The van der Waals surface area contributed by atoms with E-state index in [1.807, 2.05) is 62.4 Å². The highest BCUT2D eigenvalue weighted by Crippen LogP contribution is 2.17. The van der Waals surface area contributed by atoms with E-state index in [-0.39, 0.29) is 11.5 Å². The third kappa shape index (κ3) is 12.9. The minimum absolute atomic E-state index is 0.169. The second-order valence-corrected chi connectivity index (χ2v) is 5.73. The Morgan fingerprint density at radius 3 is 0.969 bits per heavy atom. The molecule has 0 bridgehead atoms. The molecule has 0 saturated heterocycles. The lowest BCUT2D eigenvalue weighted by molar-refractivity contribution is 0.330. The van der Waals surface area contributed by atoms with Gasteiger partial charge in [-0.05, 0) is 86.6 Å². The average molecular weight is 447 g/mol. The molecule has 0 atom stereocenters. The fraction of sp³-hybridized carbons (Fsp3) is 0.280. The van der Waals surface area contributed by atoms with Crippen LogP contribution in [0.5, 0.6) is 34.5 Å². The zero-order valence-electron chi connectivity index (χ0n) is 19.3. The van der Waals surface area contributed by atoms with Crippen LogP contribution in [0.2, 0.25) is 0 Å². The zero-order chi connectivity index (χ0) is 24.2. The number of benzene rings is 3. The molecule has 0 aliphatic rings. The van der Waals surface area contributed by atoms with Gasteiger partial charge in [-0.15, -0.1) is 0 Å². The van der Waals surface area contributed by atoms with Gasteiger partial charge < -0.3 is 34.3 Å². The van der Waals surface area contributed by atoms with E-state index in [0.717, 1.165) is 30.1 Å². The van der Waals surface area contributed by atoms with Crippen LogP contribution in [0.4, 0.5) is 0 Å². The van der Waals surface area contributed by atoms with E-state index >= 15 is 0 Å². The Morgan fingerprint density at radius 2 is 0.750 bits per heavy atom. The number of phenolic OH excluding ortho intramolecular Hbond substituents is 2. The fourth-order valence-corrected chi connectivity index (χ4v) is 2.13. The maximum atomic E-state index is 8.65. The third-order valence-electron chi connectivity index (χ3n) is 3.59. The largest absolute Gasteiger partial charge is 0.508 e. The highest BCUT2D eigenvalue weighted by molar-refractivity contribution is 5.32. The van der Waals surface area contributed by atoms with E-state index in [0.29, 0.717) is 13.2 Å². The topological polar surface area (TPSA) is 97.6 Å². The van der Waals surface area contributed by atoms with Crippen molar-refractivity contribution in [1.29, 1.82) is 0 Å². The number of aliphatic hydroxyl groups is 1. The molecule has 3 aromatic carbocycles. The van der Waals surface area contributed by atoms with Gasteiger partial charge in [0.25, 0.3) is 0 Å². The fourth-order valence-electron chi connectivity index (χ4n) is 2.13. The maximum absolute atomic E-state index is 8.65. The first-order chi connectivity index (χ1) is 15.5. The van der Waals surface area contributed by atoms with Crippen molar-refractivity contribution >= 4 is 0 Å². The molecule has 0 spiro atoms. The van der Waals surface area contributed by atoms with Crippen molar-refractivity contribution < 1.29 is 34.3 Å². The molecule has 3 aromatic rings. The van der Waals surface area contributed by atoms with Crippen molar-refractivity contribution in [2.45, 2.75) is 13.8 Å². The Labute approximate surface area is 190 Å². The van der Waals surface area contributed by atoms with Crippen molar-refractivity contribution in [3.05, 3.63) is 72.8 Å². The van der Waals surface area contributed by atoms with Crippen LogP contribution in [-0.4, -0.2) is 49.9 Å². The van der Waals surface area contributed by atoms with Crippen LogP contribution >= 0.6 is 0 Å². The summed E-state index contributed by atoms with van der Waals surface area (Å²) in [7, 11) is 4.28. The summed E-state index contributed by atoms with van der Waals surface area (Å²) in [6.45, 7) is 5.34. The summed E-state index contributed by atoms with van der Waals surface area (Å²) >= 11 is 0. The first-order valence-corrected chi connectivity index (χ1v) is 9.98. The summed E-state index contributed by atoms with van der Waals surface area (Å²) < 4.78 is 20.5. The lowest BCUT2D eigenvalue weighted by Crippen LogP contribution is -1.93. The van der Waals surface area contributed by atoms with Crippen molar-refractivity contribution in [3.63, 3.8) is 0 Å². The first kappa shape index (κ1) is 28.4. The predicted octanol–water partition coefficient (Wildman–Crippen LogP) is 4.89. The molecule has 0 saturated carbocycles. The third-order valence-corrected chi connectivity index (χ3v) is 3.59. The first-order valence-electron chi connectivity index (χ1n) is 9.98. The highest BCUT2D eigenvalue weighted by Gasteiger charge is 1.93. The van der Waals surface area contributed by atoms with Crippen molar-refractivity contribution in [2.75, 3.05) is 34.5 Å². The van der Waals surface area contributed by atoms with Gasteiger partial charge in [-0.1, -0.05) is 0 Å². The molecular weight excluding hydrogens is 412 g/mol. The molecule has 7 nitrogen and oxygen atoms in total. The van der Waals surface area contributed by atoms with Crippen LogP contribution in [-0.2, 0) is 0 Å². The molecule has 0 aliphatic heterocycles. The standard InChI is InChI=1S/C10H14O2.C8H10O2.C6H6O2.CH4O/c1-3-11-9-5-7-10(8-6-9)12-4-2;1-9-7-3-5-8(10-2)6-4-7;7-5-1-2-6(8)4-3-5;1-2/h5-8H,3-4H2,1-2H3;3-6H,1-2H3;1-4,7-8H;2H,1H3. The van der Waals surface area contributed by atoms with Gasteiger partial charge >= 0.3 is 0 Å². The summed E-state index contributed by atoms with van der Waals surface area (Å²) in [4.78, 5) is 0. The molecule has 0 fully saturated rings. The smallest absolute Gasteiger partial charge is 0.119 e. The minimum atomic E-state index is 0.169. The SMILES string of the molecule is CCOc1ccc(OCC)cc1.CO.COc1ccc(OC)cc1.Oc1ccc(O)cc1. The van der Waals surface area contributed by atoms with Gasteiger partial charge in [-0.2, -0.15) is 0 Å². The minimum Gasteiger partial charge on any atom is -0.508 e. The van der Waals surface area contributed by atoms with Crippen molar-refractivity contribution in [3.8, 4) is 34.5 Å². The maximum Gasteiger partial charge on any atom is 0.119 e. The van der Waals surface area contributed by atoms with Crippen molar-refractivity contribution in [1.82, 2.24) is 0 Å². The van der Waals surface area contributed by atoms with Gasteiger partial charge in [0, 0.05) is 7.11 Å². The molecular formula is C25H34O7. The molecule has 3 N–H and O–H groups in total. The van der Waals surface area contributed by atoms with Gasteiger partial charge in [0.05, 0.1) is 27.4 Å². The van der Waals surface area contributed by atoms with Crippen LogP contribution in [0.1, 0.15) is 13.8 Å². The molecule has 3 rings (SSSR count). The Bertz CT molecular complexity index is 732. The Kier molecular flexibility index (Phi) is 16.2. The van der Waals surface area contributed by atoms with Crippen LogP contribution in [0.15, 0.2) is 72.8 Å². The second kappa shape index (κ2) is 18.2. The summed E-state index contributed by atoms with van der Waals surface area (Å²) in [5.74, 6) is 3.81. The summed E-state index contributed by atoms with van der Waals surface area (Å²) in [5.41, 5.74) is 0. The quantitative estimate of drug-likeness (QED) is 0.464. The molecule has 32 heavy (non-hydrogen) atoms. The van der Waals surface area contributed by atoms with Crippen LogP contribution in [0, 0.1) is 0 Å². The lowest BCUT2D eigenvalue weighted by atomic mass is 10.3. The number of phenols is 2. The molecule has 7 heteroatoms. The summed E-state index contributed by atoms with van der Waals surface area (Å²) in [5, 5.41) is 24.3. The number of hydrogen-bond acceptors (Lipinski definition) is 7. The van der Waals surface area contributed by atoms with Gasteiger partial charge in [0.15, 0.2) is 0 Å². The normalized spacial score (nSPS) is 8.81. The van der Waals surface area contributed by atoms with E-state index in [2.05, 4.69) is 0 Å². The van der Waals surface area contributed by atoms with Crippen LogP contribution in [0.3, 0.4) is 0 Å². The number of hydrogen-bond donors (Lipinski definition) is 3. The monoisotopic (exact) mass is 446 g/mol. The van der Waals surface area contributed by atoms with E-state index in [1.165, 1.54) is 24.3 Å². The number of aliphatic hydroxyl groups excluding tert-OH is 1. The summed E-state index contributed by atoms with van der Waals surface area (Å²) in [6.07, 6.45) is 0. The van der Waals surface area contributed by atoms with E-state index in [1.54, 1.807) is 14.2 Å². The zero-order valence-corrected chi connectivity index (χ0v) is 19.3. The van der Waals surface area contributed by atoms with Gasteiger partial charge in [-0.25, -0.2) is 0 Å². The average Bonchev–Trinajstić information content (AvgIpc) is 2.85. The molecule has 0 amide bonds. The lowest BCUT2D eigenvalue weighted by Gasteiger charge is -2.04. The molecule has 0 heterocycles. The molecule has 0 aromatic heterocycles. The number of methoxy groups -OCH3 is 2. The molecule has 0 unspecified atom stereocenters. The van der Waals surface area contributed by atoms with Gasteiger partial charge in [0.2, 0.25) is 0 Å². The Morgan fingerprint density at radius 1 is 0.500 bits per heavy atom. The van der Waals surface area contributed by atoms with Crippen LogP contribution < -0.4 is 18.9 Å². The van der Waals surface area contributed by atoms with Gasteiger partial charge in [0.1, 0.15) is 34.5 Å². The van der Waals surface area contributed by atoms with E-state index < -0.39 is 0 Å². The molecule has 0 radical (unpaired) electrons.